The van der Waals surface area contributed by atoms with Crippen molar-refractivity contribution < 1.29 is 56.8 Å². The van der Waals surface area contributed by atoms with Gasteiger partial charge in [-0.05, 0) is 12.1 Å². The number of rotatable bonds is 2. The van der Waals surface area contributed by atoms with Crippen LogP contribution in [0.2, 0.25) is 0 Å². The van der Waals surface area contributed by atoms with E-state index in [-0.39, 0.29) is 43.3 Å². The van der Waals surface area contributed by atoms with E-state index in [9.17, 15) is 14.6 Å². The maximum atomic E-state index is 10.8. The molecule has 0 aliphatic heterocycles. The van der Waals surface area contributed by atoms with Gasteiger partial charge in [-0.2, -0.15) is 0 Å². The van der Waals surface area contributed by atoms with Crippen molar-refractivity contribution in [1.82, 2.24) is 0 Å². The van der Waals surface area contributed by atoms with Crippen LogP contribution in [-0.2, 0) is 4.52 Å². The summed E-state index contributed by atoms with van der Waals surface area (Å²) >= 11 is 0. The van der Waals surface area contributed by atoms with Crippen molar-refractivity contribution in [2.45, 2.75) is 0 Å². The van der Waals surface area contributed by atoms with Crippen LogP contribution in [0, 0.1) is 0 Å². The summed E-state index contributed by atoms with van der Waals surface area (Å²) in [4.78, 5) is 30.8. The third kappa shape index (κ3) is 5.86. The summed E-state index contributed by atoms with van der Waals surface area (Å²) in [5, 5.41) is 0. The average molecular weight is 198 g/mol. The van der Waals surface area contributed by atoms with Gasteiger partial charge in [0.25, 0.3) is 0 Å². The molecule has 0 saturated heterocycles. The summed E-state index contributed by atoms with van der Waals surface area (Å²) in [6, 6.07) is 7.90. The average Bonchev–Trinajstić information content (AvgIpc) is 2.05. The Morgan fingerprint density at radius 1 is 1.14 bits per heavy atom. The van der Waals surface area contributed by atoms with Gasteiger partial charge in [0.1, 0.15) is 0 Å². The second-order valence-corrected chi connectivity index (χ2v) is 2.60. The Balaban J connectivity index is 0. The maximum absolute atomic E-state index is 10.8. The van der Waals surface area contributed by atoms with E-state index in [1.54, 1.807) is 18.2 Å². The van der Waals surface area contributed by atoms with Gasteiger partial charge in [0.05, 0.1) is 5.56 Å². The predicted molar refractivity (Wildman–Crippen MR) is 38.8 cm³/mol. The molecule has 0 aliphatic rings. The van der Waals surface area contributed by atoms with E-state index in [1.807, 2.05) is 0 Å². The summed E-state index contributed by atoms with van der Waals surface area (Å²) in [5.41, 5.74) is 0.219. The molecule has 0 radical (unpaired) electrons. The summed E-state index contributed by atoms with van der Waals surface area (Å²) < 4.78 is 3.95. The van der Waals surface area contributed by atoms with Gasteiger partial charge in [0.2, 0.25) is 0 Å². The van der Waals surface area contributed by atoms with Crippen LogP contribution in [0.1, 0.15) is 10.4 Å². The Labute approximate surface area is 107 Å². The van der Waals surface area contributed by atoms with Crippen LogP contribution in [0.3, 0.4) is 0 Å². The van der Waals surface area contributed by atoms with Crippen molar-refractivity contribution in [3.05, 3.63) is 35.9 Å². The van der Waals surface area contributed by atoms with Crippen LogP contribution in [0.4, 0.5) is 0 Å². The minimum atomic E-state index is -3.11. The molecule has 0 bridgehead atoms. The zero-order valence-electron chi connectivity index (χ0n) is 7.97. The maximum Gasteiger partial charge on any atom is 1.00 e. The fourth-order valence-corrected chi connectivity index (χ4v) is 0.935. The summed E-state index contributed by atoms with van der Waals surface area (Å²) in [6.45, 7) is 0. The largest absolute Gasteiger partial charge is 1.00 e. The fourth-order valence-electron chi connectivity index (χ4n) is 0.695. The smallest absolute Gasteiger partial charge is 0.810 e. The van der Waals surface area contributed by atoms with Crippen molar-refractivity contribution in [3.8, 4) is 0 Å². The van der Waals surface area contributed by atoms with Gasteiger partial charge < -0.3 is 14.3 Å². The molecule has 4 nitrogen and oxygen atoms in total. The van der Waals surface area contributed by atoms with E-state index in [4.69, 9.17) is 0 Å². The normalized spacial score (nSPS) is 8.50. The van der Waals surface area contributed by atoms with Gasteiger partial charge in [-0.3, -0.25) is 0 Å². The molecule has 0 atom stereocenters. The Kier molecular flexibility index (Phi) is 10.2. The van der Waals surface area contributed by atoms with E-state index in [1.165, 1.54) is 12.1 Å². The third-order valence-electron chi connectivity index (χ3n) is 1.17. The number of hydrogen-bond donors (Lipinski definition) is 0. The first-order valence-electron chi connectivity index (χ1n) is 3.12. The Morgan fingerprint density at radius 2 is 1.64 bits per heavy atom. The summed E-state index contributed by atoms with van der Waals surface area (Å²) in [6.07, 6.45) is 0. The summed E-state index contributed by atoms with van der Waals surface area (Å²) in [7, 11) is -3.11. The SMILES string of the molecule is O=C(OP([O-])[O-])c1ccccc1.[Li+].[Li+]. The molecule has 0 fully saturated rings. The predicted octanol–water partition coefficient (Wildman–Crippen LogP) is -6.20. The Bertz CT molecular complexity index is 268. The van der Waals surface area contributed by atoms with E-state index in [0.29, 0.717) is 0 Å². The molecule has 1 aromatic carbocycles. The molecule has 0 aromatic heterocycles. The fraction of sp³-hybridized carbons (Fsp3) is 0. The van der Waals surface area contributed by atoms with Gasteiger partial charge in [0, 0.05) is 0 Å². The molecule has 0 heterocycles. The molecule has 1 rings (SSSR count). The zero-order valence-corrected chi connectivity index (χ0v) is 8.86. The van der Waals surface area contributed by atoms with Crippen molar-refractivity contribution in [2.24, 2.45) is 0 Å². The van der Waals surface area contributed by atoms with Crippen molar-refractivity contribution >= 4 is 14.6 Å². The standard InChI is InChI=1S/C7H5O4P.2Li/c8-7(11-12(9)10)6-4-2-1-3-5-6;;/h1-5H;;/q-2;2*+1. The van der Waals surface area contributed by atoms with Gasteiger partial charge in [-0.25, -0.2) is 4.79 Å². The van der Waals surface area contributed by atoms with Crippen LogP contribution >= 0.6 is 8.60 Å². The monoisotopic (exact) mass is 198 g/mol. The molecule has 0 saturated carbocycles. The van der Waals surface area contributed by atoms with Gasteiger partial charge in [-0.1, -0.05) is 26.8 Å². The topological polar surface area (TPSA) is 72.4 Å². The van der Waals surface area contributed by atoms with Crippen LogP contribution < -0.4 is 47.5 Å². The minimum absolute atomic E-state index is 0. The number of benzene rings is 1. The van der Waals surface area contributed by atoms with Crippen molar-refractivity contribution in [3.63, 3.8) is 0 Å². The Morgan fingerprint density at radius 3 is 2.07 bits per heavy atom. The third-order valence-corrected chi connectivity index (χ3v) is 1.48. The van der Waals surface area contributed by atoms with Crippen LogP contribution in [0.5, 0.6) is 0 Å². The first-order valence-corrected chi connectivity index (χ1v) is 4.21. The van der Waals surface area contributed by atoms with E-state index in [2.05, 4.69) is 4.52 Å². The van der Waals surface area contributed by atoms with Gasteiger partial charge in [-0.15, -0.1) is 0 Å². The molecule has 7 heteroatoms. The second-order valence-electron chi connectivity index (χ2n) is 1.97. The Hall–Kier alpha value is 0.235. The van der Waals surface area contributed by atoms with Crippen LogP contribution in [0.15, 0.2) is 30.3 Å². The number of carbonyl (C=O) groups excluding carboxylic acids is 1. The van der Waals surface area contributed by atoms with Gasteiger partial charge >= 0.3 is 43.7 Å². The molecule has 0 amide bonds. The molecule has 1 aromatic rings. The van der Waals surface area contributed by atoms with E-state index >= 15 is 0 Å². The molecule has 0 spiro atoms. The second kappa shape index (κ2) is 8.54. The first kappa shape index (κ1) is 16.7. The number of hydrogen-bond acceptors (Lipinski definition) is 4. The van der Waals surface area contributed by atoms with Gasteiger partial charge in [0.15, 0.2) is 0 Å². The van der Waals surface area contributed by atoms with Crippen molar-refractivity contribution in [2.75, 3.05) is 0 Å². The molecular weight excluding hydrogens is 193 g/mol. The number of carbonyl (C=O) groups is 1. The van der Waals surface area contributed by atoms with E-state index in [0.717, 1.165) is 0 Å². The molecule has 0 aliphatic carbocycles. The molecular formula is C7H5Li2O4P. The molecule has 0 N–H and O–H groups in total. The first-order chi connectivity index (χ1) is 5.70. The zero-order chi connectivity index (χ0) is 8.97. The molecule has 64 valence electrons. The molecule has 14 heavy (non-hydrogen) atoms. The summed E-state index contributed by atoms with van der Waals surface area (Å²) in [5.74, 6) is -0.855. The van der Waals surface area contributed by atoms with E-state index < -0.39 is 14.6 Å². The quantitative estimate of drug-likeness (QED) is 0.350. The van der Waals surface area contributed by atoms with Crippen LogP contribution in [-0.4, -0.2) is 5.97 Å². The van der Waals surface area contributed by atoms with Crippen molar-refractivity contribution in [1.29, 1.82) is 0 Å². The van der Waals surface area contributed by atoms with Crippen LogP contribution in [0.25, 0.3) is 0 Å². The minimum Gasteiger partial charge on any atom is -0.810 e. The molecule has 0 unspecified atom stereocenters.